The van der Waals surface area contributed by atoms with Crippen LogP contribution in [0.4, 0.5) is 5.69 Å². The molecule has 144 valence electrons. The molecule has 0 fully saturated rings. The lowest BCUT2D eigenvalue weighted by atomic mass is 10.0. The highest BCUT2D eigenvalue weighted by Crippen LogP contribution is 2.22. The second kappa shape index (κ2) is 8.82. The summed E-state index contributed by atoms with van der Waals surface area (Å²) in [6.45, 7) is 5.36. The second-order valence-corrected chi connectivity index (χ2v) is 6.99. The number of nitrogens with one attached hydrogen (secondary N) is 1. The lowest BCUT2D eigenvalue weighted by Crippen LogP contribution is -2.44. The van der Waals surface area contributed by atoms with Gasteiger partial charge in [0.1, 0.15) is 0 Å². The predicted octanol–water partition coefficient (Wildman–Crippen LogP) is 3.15. The van der Waals surface area contributed by atoms with Crippen LogP contribution in [0, 0.1) is 22.0 Å². The summed E-state index contributed by atoms with van der Waals surface area (Å²) in [5, 5.41) is 13.6. The van der Waals surface area contributed by atoms with Crippen molar-refractivity contribution in [3.8, 4) is 11.8 Å². The van der Waals surface area contributed by atoms with E-state index >= 15 is 0 Å². The first kappa shape index (κ1) is 20.6. The van der Waals surface area contributed by atoms with Gasteiger partial charge in [-0.05, 0) is 45.0 Å². The first-order chi connectivity index (χ1) is 13.2. The first-order valence-electron chi connectivity index (χ1n) is 8.50. The Hall–Kier alpha value is -3.66. The molecule has 7 nitrogen and oxygen atoms in total. The molecule has 0 aromatic heterocycles. The number of carbonyl (C=O) groups excluding carboxylic acids is 2. The van der Waals surface area contributed by atoms with Gasteiger partial charge >= 0.3 is 5.97 Å². The maximum absolute atomic E-state index is 12.6. The van der Waals surface area contributed by atoms with Crippen molar-refractivity contribution >= 4 is 17.6 Å². The number of nitro benzene ring substituents is 1. The number of carbonyl (C=O) groups is 2. The molecular weight excluding hydrogens is 360 g/mol. The van der Waals surface area contributed by atoms with E-state index in [9.17, 15) is 19.7 Å². The minimum absolute atomic E-state index is 0.131. The monoisotopic (exact) mass is 380 g/mol. The minimum atomic E-state index is -1.28. The van der Waals surface area contributed by atoms with Gasteiger partial charge in [0, 0.05) is 34.7 Å². The van der Waals surface area contributed by atoms with Gasteiger partial charge < -0.3 is 10.1 Å². The molecule has 0 radical (unpaired) electrons. The summed E-state index contributed by atoms with van der Waals surface area (Å²) in [5.41, 5.74) is 0.250. The summed E-state index contributed by atoms with van der Waals surface area (Å²) in [6, 6.07) is 14.1. The van der Waals surface area contributed by atoms with Crippen LogP contribution in [0.1, 0.15) is 38.0 Å². The summed E-state index contributed by atoms with van der Waals surface area (Å²) in [7, 11) is 0. The number of esters is 1. The SMILES string of the molecule is CC(C)(C)NC(=O)C(OC(=O)C#Cc1ccccc1)c1ccc([N+](=O)[O-])cc1. The van der Waals surface area contributed by atoms with E-state index in [1.54, 1.807) is 45.0 Å². The Balaban J connectivity index is 2.25. The van der Waals surface area contributed by atoms with Crippen molar-refractivity contribution in [2.75, 3.05) is 0 Å². The third kappa shape index (κ3) is 6.25. The number of nitro groups is 1. The highest BCUT2D eigenvalue weighted by atomic mass is 16.6. The number of hydrogen-bond acceptors (Lipinski definition) is 5. The molecule has 7 heteroatoms. The fourth-order valence-electron chi connectivity index (χ4n) is 2.26. The third-order valence-electron chi connectivity index (χ3n) is 3.45. The Morgan fingerprint density at radius 2 is 1.68 bits per heavy atom. The maximum Gasteiger partial charge on any atom is 0.385 e. The molecule has 1 amide bonds. The van der Waals surface area contributed by atoms with Crippen molar-refractivity contribution < 1.29 is 19.2 Å². The van der Waals surface area contributed by atoms with Crippen molar-refractivity contribution in [3.63, 3.8) is 0 Å². The molecule has 0 saturated heterocycles. The number of benzene rings is 2. The van der Waals surface area contributed by atoms with Crippen LogP contribution >= 0.6 is 0 Å². The zero-order valence-corrected chi connectivity index (χ0v) is 15.8. The van der Waals surface area contributed by atoms with Crippen molar-refractivity contribution in [1.29, 1.82) is 0 Å². The number of rotatable bonds is 4. The van der Waals surface area contributed by atoms with Gasteiger partial charge in [0.2, 0.25) is 6.10 Å². The Morgan fingerprint density at radius 1 is 1.07 bits per heavy atom. The Kier molecular flexibility index (Phi) is 6.51. The van der Waals surface area contributed by atoms with Gasteiger partial charge in [-0.15, -0.1) is 0 Å². The molecular formula is C21H20N2O5. The molecule has 2 aromatic carbocycles. The topological polar surface area (TPSA) is 98.5 Å². The largest absolute Gasteiger partial charge is 0.438 e. The zero-order valence-electron chi connectivity index (χ0n) is 15.8. The summed E-state index contributed by atoms with van der Waals surface area (Å²) in [5.74, 6) is 3.59. The quantitative estimate of drug-likeness (QED) is 0.380. The van der Waals surface area contributed by atoms with Crippen LogP contribution in [0.25, 0.3) is 0 Å². The molecule has 1 unspecified atom stereocenters. The van der Waals surface area contributed by atoms with Crippen molar-refractivity contribution in [2.24, 2.45) is 0 Å². The smallest absolute Gasteiger partial charge is 0.385 e. The van der Waals surface area contributed by atoms with E-state index in [4.69, 9.17) is 4.74 Å². The van der Waals surface area contributed by atoms with Gasteiger partial charge in [0.25, 0.3) is 11.6 Å². The van der Waals surface area contributed by atoms with Crippen LogP contribution in [-0.4, -0.2) is 22.3 Å². The Bertz CT molecular complexity index is 919. The number of nitrogens with zero attached hydrogens (tertiary/aromatic N) is 1. The van der Waals surface area contributed by atoms with Gasteiger partial charge in [-0.2, -0.15) is 0 Å². The van der Waals surface area contributed by atoms with Gasteiger partial charge in [0.05, 0.1) is 4.92 Å². The highest BCUT2D eigenvalue weighted by molar-refractivity contribution is 5.92. The van der Waals surface area contributed by atoms with E-state index in [1.165, 1.54) is 24.3 Å². The molecule has 0 spiro atoms. The maximum atomic E-state index is 12.6. The summed E-state index contributed by atoms with van der Waals surface area (Å²) in [4.78, 5) is 35.1. The first-order valence-corrected chi connectivity index (χ1v) is 8.50. The number of non-ortho nitro benzene ring substituents is 1. The van der Waals surface area contributed by atoms with Gasteiger partial charge in [-0.25, -0.2) is 4.79 Å². The predicted molar refractivity (Wildman–Crippen MR) is 103 cm³/mol. The zero-order chi connectivity index (χ0) is 20.7. The van der Waals surface area contributed by atoms with E-state index in [0.717, 1.165) is 0 Å². The van der Waals surface area contributed by atoms with Crippen LogP contribution < -0.4 is 5.32 Å². The van der Waals surface area contributed by atoms with E-state index in [0.29, 0.717) is 11.1 Å². The molecule has 28 heavy (non-hydrogen) atoms. The number of hydrogen-bond donors (Lipinski definition) is 1. The van der Waals surface area contributed by atoms with Crippen LogP contribution in [0.2, 0.25) is 0 Å². The normalized spacial score (nSPS) is 11.5. The van der Waals surface area contributed by atoms with Crippen LogP contribution in [0.15, 0.2) is 54.6 Å². The third-order valence-corrected chi connectivity index (χ3v) is 3.45. The van der Waals surface area contributed by atoms with Crippen LogP contribution in [0.5, 0.6) is 0 Å². The number of amides is 1. The van der Waals surface area contributed by atoms with Gasteiger partial charge in [0.15, 0.2) is 0 Å². The fourth-order valence-corrected chi connectivity index (χ4v) is 2.26. The van der Waals surface area contributed by atoms with E-state index in [1.807, 2.05) is 6.07 Å². The standard InChI is InChI=1S/C21H20N2O5/c1-21(2,3)22-20(25)19(16-10-12-17(13-11-16)23(26)27)28-18(24)14-9-15-7-5-4-6-8-15/h4-8,10-13,19H,1-3H3,(H,22,25). The summed E-state index contributed by atoms with van der Waals surface area (Å²) in [6.07, 6.45) is -1.28. The minimum Gasteiger partial charge on any atom is -0.438 e. The molecule has 0 saturated carbocycles. The molecule has 2 aromatic rings. The highest BCUT2D eigenvalue weighted by Gasteiger charge is 2.28. The Labute approximate surface area is 162 Å². The Morgan fingerprint density at radius 3 is 2.21 bits per heavy atom. The molecule has 2 rings (SSSR count). The molecule has 0 heterocycles. The molecule has 1 N–H and O–H groups in total. The molecule has 0 bridgehead atoms. The second-order valence-electron chi connectivity index (χ2n) is 6.99. The average molecular weight is 380 g/mol. The fraction of sp³-hybridized carbons (Fsp3) is 0.238. The number of ether oxygens (including phenoxy) is 1. The molecule has 0 aliphatic heterocycles. The molecule has 0 aliphatic rings. The lowest BCUT2D eigenvalue weighted by molar-refractivity contribution is -0.384. The van der Waals surface area contributed by atoms with Gasteiger partial charge in [-0.1, -0.05) is 24.1 Å². The van der Waals surface area contributed by atoms with Crippen molar-refractivity contribution in [3.05, 3.63) is 75.8 Å². The lowest BCUT2D eigenvalue weighted by Gasteiger charge is -2.24. The van der Waals surface area contributed by atoms with Crippen molar-refractivity contribution in [2.45, 2.75) is 32.4 Å². The molecule has 1 atom stereocenters. The molecule has 0 aliphatic carbocycles. The van der Waals surface area contributed by atoms with E-state index in [2.05, 4.69) is 17.2 Å². The summed E-state index contributed by atoms with van der Waals surface area (Å²) < 4.78 is 5.27. The van der Waals surface area contributed by atoms with Crippen LogP contribution in [-0.2, 0) is 14.3 Å². The van der Waals surface area contributed by atoms with E-state index < -0.39 is 28.4 Å². The van der Waals surface area contributed by atoms with Crippen LogP contribution in [0.3, 0.4) is 0 Å². The average Bonchev–Trinajstić information content (AvgIpc) is 2.64. The van der Waals surface area contributed by atoms with E-state index in [-0.39, 0.29) is 5.69 Å². The van der Waals surface area contributed by atoms with Gasteiger partial charge in [-0.3, -0.25) is 14.9 Å². The van der Waals surface area contributed by atoms with Crippen molar-refractivity contribution in [1.82, 2.24) is 5.32 Å². The summed E-state index contributed by atoms with van der Waals surface area (Å²) >= 11 is 0.